The van der Waals surface area contributed by atoms with Crippen LogP contribution in [0.2, 0.25) is 0 Å². The van der Waals surface area contributed by atoms with Gasteiger partial charge >= 0.3 is 12.1 Å². The molecule has 0 saturated carbocycles. The monoisotopic (exact) mass is 480 g/mol. The summed E-state index contributed by atoms with van der Waals surface area (Å²) in [6.07, 6.45) is 0.591. The van der Waals surface area contributed by atoms with E-state index in [1.165, 1.54) is 0 Å². The molecule has 8 heteroatoms. The van der Waals surface area contributed by atoms with Crippen molar-refractivity contribution >= 4 is 18.0 Å². The van der Waals surface area contributed by atoms with E-state index in [2.05, 4.69) is 34.9 Å². The molecule has 1 aliphatic carbocycles. The molecule has 1 fully saturated rings. The largest absolute Gasteiger partial charge is 0.481 e. The Kier molecular flexibility index (Phi) is 7.70. The molecule has 2 aromatic rings. The molecule has 3 N–H and O–H groups in total. The van der Waals surface area contributed by atoms with Gasteiger partial charge in [0.05, 0.1) is 0 Å². The van der Waals surface area contributed by atoms with Gasteiger partial charge in [0.2, 0.25) is 5.91 Å². The van der Waals surface area contributed by atoms with Crippen molar-refractivity contribution in [2.24, 2.45) is 5.92 Å². The predicted molar refractivity (Wildman–Crippen MR) is 130 cm³/mol. The number of benzene rings is 2. The molecule has 1 atom stereocenters. The molecule has 2 aromatic carbocycles. The summed E-state index contributed by atoms with van der Waals surface area (Å²) in [6.45, 7) is 2.95. The predicted octanol–water partition coefficient (Wildman–Crippen LogP) is 3.69. The highest BCUT2D eigenvalue weighted by Crippen LogP contribution is 2.44. The van der Waals surface area contributed by atoms with E-state index in [4.69, 9.17) is 14.6 Å². The molecular formula is C27H32N2O6. The van der Waals surface area contributed by atoms with E-state index < -0.39 is 17.6 Å². The Balaban J connectivity index is 1.41. The number of hydrogen-bond donors (Lipinski definition) is 3. The van der Waals surface area contributed by atoms with Crippen molar-refractivity contribution in [2.45, 2.75) is 44.1 Å². The first-order valence-corrected chi connectivity index (χ1v) is 12.1. The number of nitrogens with one attached hydrogen (secondary N) is 2. The summed E-state index contributed by atoms with van der Waals surface area (Å²) in [5.74, 6) is -1.49. The zero-order chi connectivity index (χ0) is 24.8. The Bertz CT molecular complexity index is 1030. The van der Waals surface area contributed by atoms with Crippen LogP contribution in [0.3, 0.4) is 0 Å². The summed E-state index contributed by atoms with van der Waals surface area (Å²) in [5, 5.41) is 14.7. The van der Waals surface area contributed by atoms with Crippen LogP contribution >= 0.6 is 0 Å². The minimum atomic E-state index is -1.15. The molecule has 0 spiro atoms. The quantitative estimate of drug-likeness (QED) is 0.504. The third kappa shape index (κ3) is 5.48. The van der Waals surface area contributed by atoms with Crippen molar-refractivity contribution in [1.29, 1.82) is 0 Å². The Morgan fingerprint density at radius 1 is 1.06 bits per heavy atom. The standard InChI is InChI=1S/C27H32N2O6/c1-2-18(15-24(30)31)16-28-25(32)27(11-13-34-14-12-27)29-26(33)35-17-23-21-9-5-3-7-19(21)20-8-4-6-10-22(20)23/h3-10,18,23H,2,11-17H2,1H3,(H,28,32)(H,29,33)(H,30,31). The lowest BCUT2D eigenvalue weighted by molar-refractivity contribution is -0.138. The molecular weight excluding hydrogens is 448 g/mol. The van der Waals surface area contributed by atoms with E-state index in [1.54, 1.807) is 0 Å². The first-order chi connectivity index (χ1) is 16.9. The van der Waals surface area contributed by atoms with Crippen LogP contribution in [0.15, 0.2) is 48.5 Å². The molecule has 35 heavy (non-hydrogen) atoms. The van der Waals surface area contributed by atoms with Crippen LogP contribution < -0.4 is 10.6 Å². The van der Waals surface area contributed by atoms with Crippen LogP contribution in [0.25, 0.3) is 11.1 Å². The number of carbonyl (C=O) groups is 3. The lowest BCUT2D eigenvalue weighted by atomic mass is 9.88. The smallest absolute Gasteiger partial charge is 0.408 e. The van der Waals surface area contributed by atoms with Gasteiger partial charge in [-0.05, 0) is 28.2 Å². The topological polar surface area (TPSA) is 114 Å². The van der Waals surface area contributed by atoms with Gasteiger partial charge in [0.15, 0.2) is 0 Å². The summed E-state index contributed by atoms with van der Waals surface area (Å²) in [4.78, 5) is 37.1. The molecule has 0 bridgehead atoms. The summed E-state index contributed by atoms with van der Waals surface area (Å²) < 4.78 is 11.1. The van der Waals surface area contributed by atoms with Crippen molar-refractivity contribution in [3.63, 3.8) is 0 Å². The van der Waals surface area contributed by atoms with Gasteiger partial charge in [-0.3, -0.25) is 9.59 Å². The highest BCUT2D eigenvalue weighted by molar-refractivity contribution is 5.90. The number of carbonyl (C=O) groups excluding carboxylic acids is 2. The minimum absolute atomic E-state index is 0.0211. The molecule has 1 aliphatic heterocycles. The second-order valence-electron chi connectivity index (χ2n) is 9.23. The number of fused-ring (bicyclic) bond motifs is 3. The van der Waals surface area contributed by atoms with Crippen molar-refractivity contribution in [3.05, 3.63) is 59.7 Å². The number of rotatable bonds is 9. The van der Waals surface area contributed by atoms with Gasteiger partial charge in [0.1, 0.15) is 12.1 Å². The van der Waals surface area contributed by atoms with Crippen LogP contribution in [0.5, 0.6) is 0 Å². The van der Waals surface area contributed by atoms with Crippen LogP contribution in [-0.2, 0) is 19.1 Å². The van der Waals surface area contributed by atoms with E-state index >= 15 is 0 Å². The Morgan fingerprint density at radius 2 is 1.66 bits per heavy atom. The number of alkyl carbamates (subject to hydrolysis) is 1. The van der Waals surface area contributed by atoms with Crippen molar-refractivity contribution < 1.29 is 29.0 Å². The Morgan fingerprint density at radius 3 is 2.23 bits per heavy atom. The molecule has 0 radical (unpaired) electrons. The third-order valence-corrected chi connectivity index (χ3v) is 7.06. The van der Waals surface area contributed by atoms with Gasteiger partial charge in [-0.25, -0.2) is 4.79 Å². The van der Waals surface area contributed by atoms with Crippen LogP contribution in [0.1, 0.15) is 49.7 Å². The van der Waals surface area contributed by atoms with Gasteiger partial charge in [-0.1, -0.05) is 61.9 Å². The first-order valence-electron chi connectivity index (χ1n) is 12.1. The number of carboxylic acid groups (broad SMARTS) is 1. The molecule has 4 rings (SSSR count). The number of ether oxygens (including phenoxy) is 2. The van der Waals surface area contributed by atoms with Gasteiger partial charge in [-0.2, -0.15) is 0 Å². The fourth-order valence-corrected chi connectivity index (χ4v) is 4.97. The van der Waals surface area contributed by atoms with E-state index in [9.17, 15) is 14.4 Å². The maximum atomic E-state index is 13.2. The molecule has 2 amide bonds. The zero-order valence-corrected chi connectivity index (χ0v) is 19.9. The molecule has 1 unspecified atom stereocenters. The van der Waals surface area contributed by atoms with E-state index in [0.29, 0.717) is 32.5 Å². The third-order valence-electron chi connectivity index (χ3n) is 7.06. The van der Waals surface area contributed by atoms with E-state index in [1.807, 2.05) is 31.2 Å². The lowest BCUT2D eigenvalue weighted by Gasteiger charge is -2.36. The van der Waals surface area contributed by atoms with Gasteiger partial charge in [0, 0.05) is 44.9 Å². The number of carboxylic acids is 1. The normalized spacial score (nSPS) is 17.1. The highest BCUT2D eigenvalue weighted by Gasteiger charge is 2.42. The number of amides is 2. The minimum Gasteiger partial charge on any atom is -0.481 e. The Labute approximate surface area is 205 Å². The molecule has 1 saturated heterocycles. The molecule has 2 aliphatic rings. The zero-order valence-electron chi connectivity index (χ0n) is 19.9. The second kappa shape index (κ2) is 10.9. The van der Waals surface area contributed by atoms with Gasteiger partial charge in [0.25, 0.3) is 0 Å². The summed E-state index contributed by atoms with van der Waals surface area (Å²) >= 11 is 0. The number of hydrogen-bond acceptors (Lipinski definition) is 5. The lowest BCUT2D eigenvalue weighted by Crippen LogP contribution is -2.61. The van der Waals surface area contributed by atoms with Gasteiger partial charge < -0.3 is 25.2 Å². The average molecular weight is 481 g/mol. The van der Waals surface area contributed by atoms with Crippen molar-refractivity contribution in [3.8, 4) is 11.1 Å². The van der Waals surface area contributed by atoms with Crippen LogP contribution in [-0.4, -0.2) is 55.0 Å². The highest BCUT2D eigenvalue weighted by atomic mass is 16.5. The van der Waals surface area contributed by atoms with Gasteiger partial charge in [-0.15, -0.1) is 0 Å². The number of aliphatic carboxylic acids is 1. The van der Waals surface area contributed by atoms with E-state index in [-0.39, 0.29) is 37.3 Å². The Hall–Kier alpha value is -3.39. The maximum absolute atomic E-state index is 13.2. The second-order valence-corrected chi connectivity index (χ2v) is 9.23. The van der Waals surface area contributed by atoms with Crippen molar-refractivity contribution in [2.75, 3.05) is 26.4 Å². The fourth-order valence-electron chi connectivity index (χ4n) is 4.97. The average Bonchev–Trinajstić information content (AvgIpc) is 3.19. The van der Waals surface area contributed by atoms with Crippen molar-refractivity contribution in [1.82, 2.24) is 10.6 Å². The molecule has 8 nitrogen and oxygen atoms in total. The maximum Gasteiger partial charge on any atom is 0.408 e. The summed E-state index contributed by atoms with van der Waals surface area (Å²) in [6, 6.07) is 16.2. The van der Waals surface area contributed by atoms with Crippen LogP contribution in [0, 0.1) is 5.92 Å². The van der Waals surface area contributed by atoms with E-state index in [0.717, 1.165) is 22.3 Å². The summed E-state index contributed by atoms with van der Waals surface area (Å²) in [7, 11) is 0. The van der Waals surface area contributed by atoms with Crippen LogP contribution in [0.4, 0.5) is 4.79 Å². The SMILES string of the molecule is CCC(CNC(=O)C1(NC(=O)OCC2c3ccccc3-c3ccccc32)CCOCC1)CC(=O)O. The fraction of sp³-hybridized carbons (Fsp3) is 0.444. The molecule has 0 aromatic heterocycles. The molecule has 186 valence electrons. The molecule has 1 heterocycles. The summed E-state index contributed by atoms with van der Waals surface area (Å²) in [5.41, 5.74) is 3.36. The first kappa shape index (κ1) is 24.7.